The van der Waals surface area contributed by atoms with E-state index in [1.807, 2.05) is 27.7 Å². The van der Waals surface area contributed by atoms with Crippen molar-refractivity contribution in [1.82, 2.24) is 0 Å². The summed E-state index contributed by atoms with van der Waals surface area (Å²) < 4.78 is 0. The molecule has 0 aromatic carbocycles. The zero-order valence-electron chi connectivity index (χ0n) is 68.6. The largest absolute Gasteiger partial charge is 0.394 e. The summed E-state index contributed by atoms with van der Waals surface area (Å²) in [4.78, 5) is 43.6. The van der Waals surface area contributed by atoms with Crippen molar-refractivity contribution in [3.8, 4) is 0 Å². The molecule has 0 aromatic heterocycles. The lowest BCUT2D eigenvalue weighted by Crippen LogP contribution is -2.31. The number of aliphatic hydroxyl groups excluding tert-OH is 20. The Morgan fingerprint density at radius 1 is 0.185 bits per heavy atom. The number of carbonyl (C=O) groups is 4. The Morgan fingerprint density at radius 3 is 0.343 bits per heavy atom. The van der Waals surface area contributed by atoms with Crippen LogP contribution in [-0.2, 0) is 19.2 Å². The van der Waals surface area contributed by atoms with Gasteiger partial charge in [-0.3, -0.25) is 19.2 Å². The quantitative estimate of drug-likeness (QED) is 0.0199. The van der Waals surface area contributed by atoms with Crippen LogP contribution >= 0.6 is 50.5 Å². The number of unbranched alkanes of at least 4 members (excludes halogenated alkanes) is 36. The average Bonchev–Trinajstić information content (AvgIpc) is 1.70. The van der Waals surface area contributed by atoms with Crippen LogP contribution in [0, 0.1) is 23.7 Å². The minimum absolute atomic E-state index is 0.0425. The van der Waals surface area contributed by atoms with Gasteiger partial charge in [0, 0.05) is 23.7 Å². The zero-order valence-corrected chi connectivity index (χ0v) is 72.2. The lowest BCUT2D eigenvalue weighted by Gasteiger charge is -2.10. The van der Waals surface area contributed by atoms with E-state index in [0.717, 1.165) is 25.7 Å². The van der Waals surface area contributed by atoms with Gasteiger partial charge in [-0.25, -0.2) is 0 Å². The van der Waals surface area contributed by atoms with Gasteiger partial charge in [-0.2, -0.15) is 0 Å². The van der Waals surface area contributed by atoms with Gasteiger partial charge >= 0.3 is 0 Å². The summed E-state index contributed by atoms with van der Waals surface area (Å²) in [5, 5.41) is 166. The van der Waals surface area contributed by atoms with Crippen molar-refractivity contribution in [2.75, 3.05) is 66.1 Å². The van der Waals surface area contributed by atoms with Crippen LogP contribution in [0.3, 0.4) is 0 Å². The van der Waals surface area contributed by atoms with Crippen LogP contribution in [0.25, 0.3) is 0 Å². The Balaban J connectivity index is -0.000000149. The van der Waals surface area contributed by atoms with Gasteiger partial charge in [-0.05, 0) is 25.7 Å². The van der Waals surface area contributed by atoms with E-state index in [-0.39, 0.29) is 44.1 Å². The molecule has 4 unspecified atom stereocenters. The van der Waals surface area contributed by atoms with Crippen molar-refractivity contribution >= 4 is 71.0 Å². The molecule has 0 amide bonds. The van der Waals surface area contributed by atoms with Crippen molar-refractivity contribution in [2.24, 2.45) is 23.7 Å². The molecule has 0 fully saturated rings. The van der Waals surface area contributed by atoms with Crippen LogP contribution < -0.4 is 0 Å². The molecule has 658 valence electrons. The Hall–Kier alpha value is -0.720. The van der Waals surface area contributed by atoms with Crippen molar-refractivity contribution < 1.29 is 121 Å². The second-order valence-corrected chi connectivity index (χ2v) is 30.1. The highest BCUT2D eigenvalue weighted by atomic mass is 32.1. The van der Waals surface area contributed by atoms with E-state index >= 15 is 0 Å². The first-order chi connectivity index (χ1) is 51.3. The molecule has 0 heterocycles. The Kier molecular flexibility index (Phi) is 119. The summed E-state index contributed by atoms with van der Waals surface area (Å²) in [5.41, 5.74) is 0. The topological polar surface area (TPSA) is 473 Å². The minimum Gasteiger partial charge on any atom is -0.394 e. The second-order valence-electron chi connectivity index (χ2n) is 28.3. The highest BCUT2D eigenvalue weighted by molar-refractivity contribution is 7.97. The summed E-state index contributed by atoms with van der Waals surface area (Å²) in [6.07, 6.45) is 46.0. The van der Waals surface area contributed by atoms with Crippen molar-refractivity contribution in [1.29, 1.82) is 0 Å². The molecule has 0 aromatic rings. The molecular weight excluding hydrogens is 1470 g/mol. The van der Waals surface area contributed by atoms with Crippen LogP contribution in [0.15, 0.2) is 0 Å². The van der Waals surface area contributed by atoms with Gasteiger partial charge in [0.25, 0.3) is 0 Å². The molecule has 14 atom stereocenters. The van der Waals surface area contributed by atoms with Gasteiger partial charge in [0.15, 0.2) is 20.5 Å². The van der Waals surface area contributed by atoms with Crippen LogP contribution in [-0.4, -0.2) is 250 Å². The number of aliphatic hydroxyl groups is 20. The molecule has 0 radical (unpaired) electrons. The molecule has 28 heteroatoms. The van der Waals surface area contributed by atoms with Crippen molar-refractivity contribution in [3.63, 3.8) is 0 Å². The summed E-state index contributed by atoms with van der Waals surface area (Å²) in [6.45, 7) is 11.7. The van der Waals surface area contributed by atoms with Crippen LogP contribution in [0.5, 0.6) is 0 Å². The number of carbonyl (C=O) groups excluding carboxylic acids is 4. The third-order valence-corrected chi connectivity index (χ3v) is 19.5. The molecule has 0 saturated heterocycles. The Bertz CT molecular complexity index is 1450. The van der Waals surface area contributed by atoms with E-state index in [1.54, 1.807) is 0 Å². The average molecular weight is 1640 g/mol. The molecule has 20 N–H and O–H groups in total. The van der Waals surface area contributed by atoms with Gasteiger partial charge in [0.05, 0.1) is 66.1 Å². The normalized spacial score (nSPS) is 14.6. The van der Waals surface area contributed by atoms with E-state index in [4.69, 9.17) is 102 Å². The molecule has 0 aliphatic heterocycles. The first kappa shape index (κ1) is 125. The van der Waals surface area contributed by atoms with Crippen molar-refractivity contribution in [2.45, 2.75) is 399 Å². The zero-order chi connectivity index (χ0) is 84.6. The van der Waals surface area contributed by atoms with E-state index < -0.39 is 127 Å². The summed E-state index contributed by atoms with van der Waals surface area (Å²) in [7, 11) is 0. The predicted molar refractivity (Wildman–Crippen MR) is 449 cm³/mol. The Morgan fingerprint density at radius 2 is 0.269 bits per heavy atom. The fraction of sp³-hybridized carbons (Fsp3) is 0.950. The summed E-state index contributed by atoms with van der Waals surface area (Å²) in [6, 6.07) is 0. The Labute approximate surface area is 677 Å². The smallest absolute Gasteiger partial charge is 0.188 e. The van der Waals surface area contributed by atoms with Crippen LogP contribution in [0.1, 0.15) is 338 Å². The third kappa shape index (κ3) is 107. The maximum atomic E-state index is 10.9. The van der Waals surface area contributed by atoms with Gasteiger partial charge in [0.1, 0.15) is 61.0 Å². The lowest BCUT2D eigenvalue weighted by atomic mass is 10.0. The molecule has 24 nitrogen and oxygen atoms in total. The third-order valence-electron chi connectivity index (χ3n) is 17.7. The fourth-order valence-corrected chi connectivity index (χ4v) is 9.98. The first-order valence-electron chi connectivity index (χ1n) is 41.1. The van der Waals surface area contributed by atoms with Crippen LogP contribution in [0.4, 0.5) is 0 Å². The molecule has 108 heavy (non-hydrogen) atoms. The predicted octanol–water partition coefficient (Wildman–Crippen LogP) is 10.0. The molecule has 0 aliphatic carbocycles. The maximum absolute atomic E-state index is 10.9. The van der Waals surface area contributed by atoms with E-state index in [2.05, 4.69) is 78.2 Å². The first-order valence-corrected chi connectivity index (χ1v) is 42.9. The van der Waals surface area contributed by atoms with Crippen LogP contribution in [0.2, 0.25) is 0 Å². The monoisotopic (exact) mass is 1640 g/mol. The van der Waals surface area contributed by atoms with E-state index in [0.29, 0.717) is 0 Å². The standard InChI is InChI=1S/4C15H30OS.5C4H10O4/c4*1-3-4-5-6-7-8-9-10-11-12-13-14(2)15(16)17;5*5-1-3(7)4(8)2-6/h4*14H,3-13H2,1-2H3,(H,16,17);5*3-8H,1-2H2/t;;;;5*3-,4+. The lowest BCUT2D eigenvalue weighted by molar-refractivity contribution is -0.114. The van der Waals surface area contributed by atoms with E-state index in [9.17, 15) is 19.2 Å². The molecule has 0 spiro atoms. The maximum Gasteiger partial charge on any atom is 0.188 e. The van der Waals surface area contributed by atoms with Gasteiger partial charge < -0.3 is 102 Å². The van der Waals surface area contributed by atoms with Gasteiger partial charge in [-0.1, -0.05) is 312 Å². The second kappa shape index (κ2) is 102. The number of hydrogen-bond acceptors (Lipinski definition) is 24. The molecule has 0 saturated carbocycles. The molecule has 0 aliphatic rings. The highest BCUT2D eigenvalue weighted by Crippen LogP contribution is 2.20. The molecule has 0 bridgehead atoms. The van der Waals surface area contributed by atoms with Crippen molar-refractivity contribution in [3.05, 3.63) is 0 Å². The van der Waals surface area contributed by atoms with Gasteiger partial charge in [-0.15, -0.1) is 50.5 Å². The molecular formula is C80H170O24S4. The fourth-order valence-electron chi connectivity index (χ4n) is 9.46. The summed E-state index contributed by atoms with van der Waals surface area (Å²) >= 11 is 15.4. The number of thiol groups is 4. The SMILES string of the molecule is CCCCCCCCCCCCC(C)C(=O)S.CCCCCCCCCCCCC(C)C(=O)S.CCCCCCCCCCCCC(C)C(=O)S.CCCCCCCCCCCCC(C)C(=O)S.OC[C@@H](O)[C@@H](O)CO.OC[C@@H](O)[C@@H](O)CO.OC[C@@H](O)[C@@H](O)CO.OC[C@@H](O)[C@@H](O)CO.OC[C@@H](O)[C@@H](O)CO. The number of hydrogen-bond donors (Lipinski definition) is 24. The minimum atomic E-state index is -1.22. The molecule has 0 rings (SSSR count). The number of rotatable bonds is 63. The summed E-state index contributed by atoms with van der Waals surface area (Å²) in [5.74, 6) is 0.583. The van der Waals surface area contributed by atoms with E-state index in [1.165, 1.54) is 257 Å². The van der Waals surface area contributed by atoms with Gasteiger partial charge in [0.2, 0.25) is 0 Å². The highest BCUT2D eigenvalue weighted by Gasteiger charge is 2.17.